The molecule has 0 aliphatic rings. The molecule has 0 saturated carbocycles. The van der Waals surface area contributed by atoms with Crippen molar-refractivity contribution in [1.29, 1.82) is 0 Å². The summed E-state index contributed by atoms with van der Waals surface area (Å²) < 4.78 is 0. The zero-order valence-corrected chi connectivity index (χ0v) is 10.5. The molecule has 0 fully saturated rings. The molecule has 0 bridgehead atoms. The number of hydrogen-bond donors (Lipinski definition) is 2. The van der Waals surface area contributed by atoms with Crippen LogP contribution in [0, 0.1) is 10.1 Å². The molecule has 98 valence electrons. The number of nitro groups is 1. The van der Waals surface area contributed by atoms with Gasteiger partial charge in [0.05, 0.1) is 17.2 Å². The monoisotopic (exact) mass is 278 g/mol. The number of anilines is 1. The van der Waals surface area contributed by atoms with Gasteiger partial charge in [-0.25, -0.2) is 4.98 Å². The van der Waals surface area contributed by atoms with Crippen LogP contribution in [0.2, 0.25) is 0 Å². The summed E-state index contributed by atoms with van der Waals surface area (Å²) >= 11 is 1.23. The quantitative estimate of drug-likeness (QED) is 0.652. The summed E-state index contributed by atoms with van der Waals surface area (Å²) in [4.78, 5) is 25.5. The van der Waals surface area contributed by atoms with E-state index in [9.17, 15) is 14.9 Å². The summed E-state index contributed by atoms with van der Waals surface area (Å²) in [6.07, 6.45) is 0. The van der Waals surface area contributed by atoms with Crippen molar-refractivity contribution >= 4 is 28.1 Å². The number of carbonyl (C=O) groups is 1. The highest BCUT2D eigenvalue weighted by Crippen LogP contribution is 2.27. The average molecular weight is 278 g/mol. The largest absolute Gasteiger partial charge is 0.322 e. The van der Waals surface area contributed by atoms with E-state index in [-0.39, 0.29) is 18.1 Å². The highest BCUT2D eigenvalue weighted by Gasteiger charge is 2.10. The van der Waals surface area contributed by atoms with Gasteiger partial charge < -0.3 is 11.1 Å². The number of nitrogens with zero attached hydrogens (tertiary/aromatic N) is 2. The van der Waals surface area contributed by atoms with Crippen LogP contribution in [0.4, 0.5) is 10.8 Å². The summed E-state index contributed by atoms with van der Waals surface area (Å²) in [5.41, 5.74) is 6.37. The molecule has 1 aromatic carbocycles. The molecule has 0 spiro atoms. The minimum Gasteiger partial charge on any atom is -0.322 e. The van der Waals surface area contributed by atoms with Crippen molar-refractivity contribution < 1.29 is 9.72 Å². The van der Waals surface area contributed by atoms with Crippen molar-refractivity contribution in [3.8, 4) is 11.3 Å². The molecular weight excluding hydrogens is 268 g/mol. The van der Waals surface area contributed by atoms with E-state index in [1.54, 1.807) is 17.5 Å². The van der Waals surface area contributed by atoms with E-state index in [4.69, 9.17) is 5.73 Å². The smallest absolute Gasteiger partial charge is 0.270 e. The molecule has 0 unspecified atom stereocenters. The Labute approximate surface area is 112 Å². The van der Waals surface area contributed by atoms with E-state index in [1.807, 2.05) is 0 Å². The van der Waals surface area contributed by atoms with Crippen LogP contribution in [-0.4, -0.2) is 22.4 Å². The van der Waals surface area contributed by atoms with Gasteiger partial charge in [0.2, 0.25) is 5.91 Å². The van der Waals surface area contributed by atoms with Gasteiger partial charge in [-0.3, -0.25) is 14.9 Å². The van der Waals surface area contributed by atoms with Crippen molar-refractivity contribution in [3.63, 3.8) is 0 Å². The van der Waals surface area contributed by atoms with Crippen molar-refractivity contribution in [1.82, 2.24) is 4.98 Å². The number of nitrogens with two attached hydrogens (primary N) is 1. The number of hydrogen-bond acceptors (Lipinski definition) is 6. The summed E-state index contributed by atoms with van der Waals surface area (Å²) in [6.45, 7) is -0.119. The fourth-order valence-electron chi connectivity index (χ4n) is 1.41. The molecule has 0 saturated heterocycles. The third kappa shape index (κ3) is 3.12. The van der Waals surface area contributed by atoms with Gasteiger partial charge >= 0.3 is 0 Å². The first-order chi connectivity index (χ1) is 9.10. The van der Waals surface area contributed by atoms with Gasteiger partial charge in [-0.1, -0.05) is 12.1 Å². The first-order valence-electron chi connectivity index (χ1n) is 5.30. The molecule has 7 nitrogen and oxygen atoms in total. The molecule has 1 amide bonds. The SMILES string of the molecule is NCC(=O)Nc1nc(-c2cccc([N+](=O)[O-])c2)cs1. The molecule has 1 aromatic heterocycles. The molecule has 8 heteroatoms. The summed E-state index contributed by atoms with van der Waals surface area (Å²) in [6, 6.07) is 6.15. The Morgan fingerprint density at radius 1 is 1.53 bits per heavy atom. The highest BCUT2D eigenvalue weighted by atomic mass is 32.1. The maximum absolute atomic E-state index is 11.1. The van der Waals surface area contributed by atoms with Crippen LogP contribution < -0.4 is 11.1 Å². The third-order valence-electron chi connectivity index (χ3n) is 2.29. The van der Waals surface area contributed by atoms with E-state index >= 15 is 0 Å². The third-order valence-corrected chi connectivity index (χ3v) is 3.05. The zero-order chi connectivity index (χ0) is 13.8. The lowest BCUT2D eigenvalue weighted by molar-refractivity contribution is -0.384. The Bertz CT molecular complexity index is 626. The second-order valence-electron chi connectivity index (χ2n) is 3.60. The molecular formula is C11H10N4O3S. The summed E-state index contributed by atoms with van der Waals surface area (Å²) in [5, 5.41) is 15.3. The molecule has 0 radical (unpaired) electrons. The Morgan fingerprint density at radius 2 is 2.32 bits per heavy atom. The van der Waals surface area contributed by atoms with E-state index in [2.05, 4.69) is 10.3 Å². The van der Waals surface area contributed by atoms with Crippen LogP contribution in [0.15, 0.2) is 29.6 Å². The minimum atomic E-state index is -0.465. The Hall–Kier alpha value is -2.32. The number of rotatable bonds is 4. The summed E-state index contributed by atoms with van der Waals surface area (Å²) in [5.74, 6) is -0.333. The minimum absolute atomic E-state index is 0.00181. The van der Waals surface area contributed by atoms with Gasteiger partial charge in [-0.05, 0) is 0 Å². The first-order valence-corrected chi connectivity index (χ1v) is 6.18. The lowest BCUT2D eigenvalue weighted by atomic mass is 10.1. The van der Waals surface area contributed by atoms with Crippen molar-refractivity contribution in [2.45, 2.75) is 0 Å². The number of nitro benzene ring substituents is 1. The van der Waals surface area contributed by atoms with Gasteiger partial charge in [-0.15, -0.1) is 11.3 Å². The standard InChI is InChI=1S/C11H10N4O3S/c12-5-10(16)14-11-13-9(6-19-11)7-2-1-3-8(4-7)15(17)18/h1-4,6H,5,12H2,(H,13,14,16). The molecule has 1 heterocycles. The second kappa shape index (κ2) is 5.55. The van der Waals surface area contributed by atoms with Gasteiger partial charge in [0.15, 0.2) is 5.13 Å². The van der Waals surface area contributed by atoms with Crippen LogP contribution >= 0.6 is 11.3 Å². The molecule has 2 rings (SSSR count). The molecule has 0 aliphatic heterocycles. The normalized spacial score (nSPS) is 10.2. The Kier molecular flexibility index (Phi) is 3.83. The van der Waals surface area contributed by atoms with E-state index in [0.29, 0.717) is 16.4 Å². The fraction of sp³-hybridized carbons (Fsp3) is 0.0909. The van der Waals surface area contributed by atoms with Crippen LogP contribution in [-0.2, 0) is 4.79 Å². The number of amides is 1. The van der Waals surface area contributed by atoms with Crippen LogP contribution in [0.3, 0.4) is 0 Å². The topological polar surface area (TPSA) is 111 Å². The number of benzene rings is 1. The maximum Gasteiger partial charge on any atom is 0.270 e. The van der Waals surface area contributed by atoms with Crippen molar-refractivity contribution in [2.24, 2.45) is 5.73 Å². The molecule has 2 aromatic rings. The molecule has 3 N–H and O–H groups in total. The number of carbonyl (C=O) groups excluding carboxylic acids is 1. The van der Waals surface area contributed by atoms with Crippen LogP contribution in [0.5, 0.6) is 0 Å². The first kappa shape index (κ1) is 13.1. The number of thiazole rings is 1. The predicted octanol–water partition coefficient (Wildman–Crippen LogP) is 1.62. The van der Waals surface area contributed by atoms with Gasteiger partial charge in [-0.2, -0.15) is 0 Å². The van der Waals surface area contributed by atoms with Gasteiger partial charge in [0.25, 0.3) is 5.69 Å². The number of non-ortho nitro benzene ring substituents is 1. The predicted molar refractivity (Wildman–Crippen MR) is 71.9 cm³/mol. The highest BCUT2D eigenvalue weighted by molar-refractivity contribution is 7.14. The van der Waals surface area contributed by atoms with E-state index in [1.165, 1.54) is 23.5 Å². The van der Waals surface area contributed by atoms with Gasteiger partial charge in [0, 0.05) is 23.1 Å². The Balaban J connectivity index is 2.25. The van der Waals surface area contributed by atoms with Gasteiger partial charge in [0.1, 0.15) is 0 Å². The lowest BCUT2D eigenvalue weighted by Crippen LogP contribution is -2.21. The lowest BCUT2D eigenvalue weighted by Gasteiger charge is -1.98. The van der Waals surface area contributed by atoms with Crippen LogP contribution in [0.25, 0.3) is 11.3 Å². The zero-order valence-electron chi connectivity index (χ0n) is 9.70. The van der Waals surface area contributed by atoms with E-state index in [0.717, 1.165) is 0 Å². The second-order valence-corrected chi connectivity index (χ2v) is 4.46. The summed E-state index contributed by atoms with van der Waals surface area (Å²) in [7, 11) is 0. The van der Waals surface area contributed by atoms with Crippen molar-refractivity contribution in [2.75, 3.05) is 11.9 Å². The van der Waals surface area contributed by atoms with E-state index < -0.39 is 4.92 Å². The number of nitrogens with one attached hydrogen (secondary N) is 1. The molecule has 0 atom stereocenters. The fourth-order valence-corrected chi connectivity index (χ4v) is 2.15. The van der Waals surface area contributed by atoms with Crippen molar-refractivity contribution in [3.05, 3.63) is 39.8 Å². The average Bonchev–Trinajstić information content (AvgIpc) is 2.87. The molecule has 19 heavy (non-hydrogen) atoms. The van der Waals surface area contributed by atoms with Crippen LogP contribution in [0.1, 0.15) is 0 Å². The maximum atomic E-state index is 11.1. The molecule has 0 aliphatic carbocycles. The number of aromatic nitrogens is 1. The Morgan fingerprint density at radius 3 is 3.00 bits per heavy atom.